The van der Waals surface area contributed by atoms with Crippen molar-refractivity contribution in [2.24, 2.45) is 10.7 Å². The second-order valence-electron chi connectivity index (χ2n) is 6.66. The lowest BCUT2D eigenvalue weighted by Crippen LogP contribution is -2.51. The van der Waals surface area contributed by atoms with Gasteiger partial charge in [-0.2, -0.15) is 8.78 Å². The van der Waals surface area contributed by atoms with Gasteiger partial charge in [-0.1, -0.05) is 12.0 Å². The Hall–Kier alpha value is -3.61. The standard InChI is InChI=1S/C20H17F3N4O3/c1-3-6-29-17-10-25-15(9-26-17)16(28)8-12-4-5-14(21)13(7-12)19(2)20(22,23)11-30-18(24)27-19/h1,4-5,7,9-10H,6,8,11H2,2H3,(H2,24,27)/t19-/m1/s1. The lowest BCUT2D eigenvalue weighted by Gasteiger charge is -2.37. The number of carbonyl (C=O) groups is 1. The summed E-state index contributed by atoms with van der Waals surface area (Å²) in [5, 5.41) is 0. The molecule has 2 heterocycles. The minimum absolute atomic E-state index is 0.00175. The maximum atomic E-state index is 14.5. The Balaban J connectivity index is 1.86. The Morgan fingerprint density at radius 1 is 1.37 bits per heavy atom. The van der Waals surface area contributed by atoms with Crippen molar-refractivity contribution in [3.8, 4) is 18.2 Å². The number of halogens is 3. The maximum absolute atomic E-state index is 14.5. The van der Waals surface area contributed by atoms with Crippen molar-refractivity contribution >= 4 is 11.8 Å². The molecule has 0 saturated heterocycles. The van der Waals surface area contributed by atoms with Crippen LogP contribution >= 0.6 is 0 Å². The third kappa shape index (κ3) is 4.05. The summed E-state index contributed by atoms with van der Waals surface area (Å²) in [7, 11) is 0. The first-order valence-electron chi connectivity index (χ1n) is 8.72. The molecule has 2 N–H and O–H groups in total. The summed E-state index contributed by atoms with van der Waals surface area (Å²) in [6, 6.07) is 3.03. The van der Waals surface area contributed by atoms with Gasteiger partial charge in [0.05, 0.1) is 12.4 Å². The van der Waals surface area contributed by atoms with Crippen LogP contribution in [0.5, 0.6) is 5.88 Å². The van der Waals surface area contributed by atoms with E-state index in [1.807, 2.05) is 0 Å². The van der Waals surface area contributed by atoms with Crippen LogP contribution in [0.15, 0.2) is 35.6 Å². The minimum atomic E-state index is -3.51. The number of nitrogens with zero attached hydrogens (tertiary/aromatic N) is 3. The van der Waals surface area contributed by atoms with Gasteiger partial charge < -0.3 is 15.2 Å². The van der Waals surface area contributed by atoms with Crippen LogP contribution in [0.1, 0.15) is 28.5 Å². The maximum Gasteiger partial charge on any atom is 0.310 e. The minimum Gasteiger partial charge on any atom is -0.463 e. The first-order chi connectivity index (χ1) is 14.2. The highest BCUT2D eigenvalue weighted by Crippen LogP contribution is 2.44. The average Bonchev–Trinajstić information content (AvgIpc) is 2.71. The van der Waals surface area contributed by atoms with Gasteiger partial charge >= 0.3 is 5.92 Å². The highest BCUT2D eigenvalue weighted by Gasteiger charge is 2.56. The number of alkyl halides is 2. The number of carbonyl (C=O) groups excluding carboxylic acids is 1. The smallest absolute Gasteiger partial charge is 0.310 e. The lowest BCUT2D eigenvalue weighted by molar-refractivity contribution is -0.117. The van der Waals surface area contributed by atoms with Crippen LogP contribution in [0.3, 0.4) is 0 Å². The zero-order valence-corrected chi connectivity index (χ0v) is 15.9. The van der Waals surface area contributed by atoms with Crippen molar-refractivity contribution in [2.45, 2.75) is 24.8 Å². The summed E-state index contributed by atoms with van der Waals surface area (Å²) in [5.74, 6) is -2.44. The number of aromatic nitrogens is 2. The Bertz CT molecular complexity index is 1030. The number of hydrogen-bond donors (Lipinski definition) is 1. The molecule has 0 aliphatic carbocycles. The normalized spacial score (nSPS) is 19.9. The van der Waals surface area contributed by atoms with E-state index >= 15 is 0 Å². The second-order valence-corrected chi connectivity index (χ2v) is 6.66. The highest BCUT2D eigenvalue weighted by molar-refractivity contribution is 5.95. The SMILES string of the molecule is C#CCOc1cnc(C(=O)Cc2ccc(F)c([C@@]3(C)N=C(N)OCC3(F)F)c2)cn1. The predicted molar refractivity (Wildman–Crippen MR) is 101 cm³/mol. The van der Waals surface area contributed by atoms with Crippen molar-refractivity contribution in [1.29, 1.82) is 0 Å². The summed E-state index contributed by atoms with van der Waals surface area (Å²) in [6.45, 7) is 0.0275. The first-order valence-corrected chi connectivity index (χ1v) is 8.72. The van der Waals surface area contributed by atoms with Crippen LogP contribution in [0.2, 0.25) is 0 Å². The molecule has 0 fully saturated rings. The number of nitrogens with two attached hydrogens (primary N) is 1. The van der Waals surface area contributed by atoms with E-state index in [0.29, 0.717) is 5.56 Å². The van der Waals surface area contributed by atoms with Gasteiger partial charge in [-0.3, -0.25) is 4.79 Å². The van der Waals surface area contributed by atoms with E-state index in [9.17, 15) is 18.0 Å². The van der Waals surface area contributed by atoms with Gasteiger partial charge in [0, 0.05) is 12.0 Å². The average molecular weight is 418 g/mol. The Morgan fingerprint density at radius 2 is 2.13 bits per heavy atom. The summed E-state index contributed by atoms with van der Waals surface area (Å²) in [6.07, 6.45) is 7.30. The lowest BCUT2D eigenvalue weighted by atomic mass is 9.84. The Labute approximate surface area is 170 Å². The molecule has 1 aromatic carbocycles. The van der Waals surface area contributed by atoms with E-state index in [-0.39, 0.29) is 24.6 Å². The van der Waals surface area contributed by atoms with E-state index in [4.69, 9.17) is 16.9 Å². The third-order valence-electron chi connectivity index (χ3n) is 4.58. The fourth-order valence-corrected chi connectivity index (χ4v) is 2.88. The second kappa shape index (κ2) is 8.02. The van der Waals surface area contributed by atoms with Crippen molar-refractivity contribution in [3.05, 3.63) is 53.2 Å². The van der Waals surface area contributed by atoms with Gasteiger partial charge in [0.2, 0.25) is 5.88 Å². The molecule has 0 radical (unpaired) electrons. The summed E-state index contributed by atoms with van der Waals surface area (Å²) >= 11 is 0. The van der Waals surface area contributed by atoms with Gasteiger partial charge in [0.1, 0.15) is 11.5 Å². The molecule has 1 aliphatic rings. The molecule has 3 rings (SSSR count). The molecule has 0 amide bonds. The molecule has 0 bridgehead atoms. The zero-order chi connectivity index (χ0) is 21.9. The quantitative estimate of drug-likeness (QED) is 0.571. The fraction of sp³-hybridized carbons (Fsp3) is 0.300. The van der Waals surface area contributed by atoms with Gasteiger partial charge in [0.25, 0.3) is 6.02 Å². The van der Waals surface area contributed by atoms with Crippen molar-refractivity contribution in [3.63, 3.8) is 0 Å². The fourth-order valence-electron chi connectivity index (χ4n) is 2.88. The van der Waals surface area contributed by atoms with Crippen LogP contribution < -0.4 is 10.5 Å². The van der Waals surface area contributed by atoms with E-state index in [1.54, 1.807) is 0 Å². The zero-order valence-electron chi connectivity index (χ0n) is 15.9. The number of Topliss-reactive ketones (excluding diaryl/α,β-unsaturated/α-hetero) is 1. The molecule has 0 unspecified atom stereocenters. The molecule has 1 aliphatic heterocycles. The first kappa shape index (κ1) is 21.1. The van der Waals surface area contributed by atoms with Crippen LogP contribution in [0, 0.1) is 18.2 Å². The number of rotatable bonds is 6. The topological polar surface area (TPSA) is 99.7 Å². The van der Waals surface area contributed by atoms with E-state index < -0.39 is 41.3 Å². The van der Waals surface area contributed by atoms with Crippen LogP contribution in [0.4, 0.5) is 13.2 Å². The molecule has 0 spiro atoms. The number of benzene rings is 1. The van der Waals surface area contributed by atoms with Gasteiger partial charge in [-0.05, 0) is 24.6 Å². The third-order valence-corrected chi connectivity index (χ3v) is 4.58. The summed E-state index contributed by atoms with van der Waals surface area (Å²) in [4.78, 5) is 24.0. The van der Waals surface area contributed by atoms with Crippen molar-refractivity contribution < 1.29 is 27.4 Å². The van der Waals surface area contributed by atoms with Crippen molar-refractivity contribution in [1.82, 2.24) is 9.97 Å². The van der Waals surface area contributed by atoms with Crippen LogP contribution in [0.25, 0.3) is 0 Å². The van der Waals surface area contributed by atoms with E-state index in [2.05, 4.69) is 25.6 Å². The molecular formula is C20H17F3N4O3. The van der Waals surface area contributed by atoms with Crippen molar-refractivity contribution in [2.75, 3.05) is 13.2 Å². The number of terminal acetylenes is 1. The van der Waals surface area contributed by atoms with E-state index in [0.717, 1.165) is 13.0 Å². The van der Waals surface area contributed by atoms with Gasteiger partial charge in [-0.25, -0.2) is 19.4 Å². The number of ketones is 1. The molecule has 10 heteroatoms. The predicted octanol–water partition coefficient (Wildman–Crippen LogP) is 2.25. The molecule has 30 heavy (non-hydrogen) atoms. The number of amidine groups is 1. The number of aliphatic imine (C=N–C) groups is 1. The molecule has 0 saturated carbocycles. The van der Waals surface area contributed by atoms with Crippen LogP contribution in [-0.4, -0.2) is 40.9 Å². The summed E-state index contributed by atoms with van der Waals surface area (Å²) in [5.41, 5.74) is 3.08. The molecule has 2 aromatic rings. The highest BCUT2D eigenvalue weighted by atomic mass is 19.3. The molecule has 1 aromatic heterocycles. The monoisotopic (exact) mass is 418 g/mol. The largest absolute Gasteiger partial charge is 0.463 e. The van der Waals surface area contributed by atoms with E-state index in [1.165, 1.54) is 24.5 Å². The van der Waals surface area contributed by atoms with Crippen LogP contribution in [-0.2, 0) is 16.7 Å². The molecule has 7 nitrogen and oxygen atoms in total. The Morgan fingerprint density at radius 3 is 2.80 bits per heavy atom. The number of ether oxygens (including phenoxy) is 2. The summed E-state index contributed by atoms with van der Waals surface area (Å²) < 4.78 is 53.2. The Kier molecular flexibility index (Phi) is 5.64. The molecule has 1 atom stereocenters. The number of hydrogen-bond acceptors (Lipinski definition) is 7. The van der Waals surface area contributed by atoms with Gasteiger partial charge in [-0.15, -0.1) is 6.42 Å². The van der Waals surface area contributed by atoms with Gasteiger partial charge in [0.15, 0.2) is 24.5 Å². The molecular weight excluding hydrogens is 401 g/mol. The molecule has 156 valence electrons.